The topological polar surface area (TPSA) is 64.3 Å². The zero-order chi connectivity index (χ0) is 11.4. The third-order valence-electron chi connectivity index (χ3n) is 3.03. The highest BCUT2D eigenvalue weighted by molar-refractivity contribution is 5.42. The number of aromatic nitrogens is 2. The van der Waals surface area contributed by atoms with Crippen molar-refractivity contribution in [1.29, 1.82) is 0 Å². The average molecular weight is 222 g/mol. The Bertz CT molecular complexity index is 345. The lowest BCUT2D eigenvalue weighted by atomic mass is 10.0. The molecule has 1 aliphatic heterocycles. The van der Waals surface area contributed by atoms with Gasteiger partial charge in [-0.2, -0.15) is 0 Å². The summed E-state index contributed by atoms with van der Waals surface area (Å²) in [6.07, 6.45) is 5.13. The van der Waals surface area contributed by atoms with Crippen molar-refractivity contribution in [2.24, 2.45) is 5.73 Å². The number of hydrogen-bond donors (Lipinski definition) is 1. The smallest absolute Gasteiger partial charge is 0.218 e. The second kappa shape index (κ2) is 5.12. The predicted molar refractivity (Wildman–Crippen MR) is 62.6 cm³/mol. The molecule has 0 bridgehead atoms. The third-order valence-corrected chi connectivity index (χ3v) is 3.03. The molecule has 0 spiro atoms. The minimum atomic E-state index is 0.397. The minimum absolute atomic E-state index is 0.397. The van der Waals surface area contributed by atoms with Gasteiger partial charge in [-0.05, 0) is 19.3 Å². The van der Waals surface area contributed by atoms with Crippen molar-refractivity contribution in [2.45, 2.75) is 25.3 Å². The van der Waals surface area contributed by atoms with Crippen molar-refractivity contribution in [1.82, 2.24) is 9.97 Å². The summed E-state index contributed by atoms with van der Waals surface area (Å²) >= 11 is 0. The summed E-state index contributed by atoms with van der Waals surface area (Å²) in [7, 11) is 1.61. The molecule has 0 radical (unpaired) electrons. The second-order valence-electron chi connectivity index (χ2n) is 4.00. The van der Waals surface area contributed by atoms with E-state index in [2.05, 4.69) is 14.9 Å². The van der Waals surface area contributed by atoms with Gasteiger partial charge in [0.2, 0.25) is 5.88 Å². The SMILES string of the molecule is COc1cc(N2CCCCC2CN)ncn1. The van der Waals surface area contributed by atoms with Gasteiger partial charge in [0.1, 0.15) is 12.1 Å². The van der Waals surface area contributed by atoms with Crippen molar-refractivity contribution < 1.29 is 4.74 Å². The lowest BCUT2D eigenvalue weighted by molar-refractivity contribution is 0.395. The van der Waals surface area contributed by atoms with E-state index in [1.807, 2.05) is 6.07 Å². The van der Waals surface area contributed by atoms with Gasteiger partial charge in [0.05, 0.1) is 7.11 Å². The van der Waals surface area contributed by atoms with Crippen LogP contribution in [0.15, 0.2) is 12.4 Å². The summed E-state index contributed by atoms with van der Waals surface area (Å²) in [4.78, 5) is 10.6. The molecule has 1 aliphatic rings. The number of methoxy groups -OCH3 is 1. The zero-order valence-electron chi connectivity index (χ0n) is 9.59. The Balaban J connectivity index is 2.20. The van der Waals surface area contributed by atoms with E-state index in [1.165, 1.54) is 19.2 Å². The molecule has 2 N–H and O–H groups in total. The maximum Gasteiger partial charge on any atom is 0.218 e. The van der Waals surface area contributed by atoms with E-state index < -0.39 is 0 Å². The molecule has 1 aromatic heterocycles. The van der Waals surface area contributed by atoms with Crippen molar-refractivity contribution in [3.05, 3.63) is 12.4 Å². The molecule has 0 aliphatic carbocycles. The van der Waals surface area contributed by atoms with E-state index in [1.54, 1.807) is 7.11 Å². The van der Waals surface area contributed by atoms with Crippen LogP contribution in [0.2, 0.25) is 0 Å². The molecule has 1 fully saturated rings. The Hall–Kier alpha value is -1.36. The minimum Gasteiger partial charge on any atom is -0.481 e. The van der Waals surface area contributed by atoms with Gasteiger partial charge in [-0.25, -0.2) is 9.97 Å². The highest BCUT2D eigenvalue weighted by Gasteiger charge is 2.22. The van der Waals surface area contributed by atoms with Crippen LogP contribution in [0.1, 0.15) is 19.3 Å². The van der Waals surface area contributed by atoms with Gasteiger partial charge in [0.15, 0.2) is 0 Å². The molecule has 0 amide bonds. The standard InChI is InChI=1S/C11H18N4O/c1-16-11-6-10(13-8-14-11)15-5-3-2-4-9(15)7-12/h6,8-9H,2-5,7,12H2,1H3. The Labute approximate surface area is 95.6 Å². The lowest BCUT2D eigenvalue weighted by Crippen LogP contribution is -2.44. The molecule has 5 heteroatoms. The summed E-state index contributed by atoms with van der Waals surface area (Å²) in [5, 5.41) is 0. The molecule has 2 rings (SSSR count). The fraction of sp³-hybridized carbons (Fsp3) is 0.636. The van der Waals surface area contributed by atoms with Crippen LogP contribution in [0.25, 0.3) is 0 Å². The van der Waals surface area contributed by atoms with Crippen LogP contribution in [0.3, 0.4) is 0 Å². The Morgan fingerprint density at radius 3 is 3.12 bits per heavy atom. The first kappa shape index (κ1) is 11.1. The van der Waals surface area contributed by atoms with Crippen molar-refractivity contribution >= 4 is 5.82 Å². The quantitative estimate of drug-likeness (QED) is 0.819. The van der Waals surface area contributed by atoms with Crippen LogP contribution >= 0.6 is 0 Å². The van der Waals surface area contributed by atoms with Crippen LogP contribution in [-0.4, -0.2) is 36.2 Å². The lowest BCUT2D eigenvalue weighted by Gasteiger charge is -2.35. The van der Waals surface area contributed by atoms with Gasteiger partial charge in [-0.3, -0.25) is 0 Å². The molecule has 0 aromatic carbocycles. The molecule has 88 valence electrons. The molecule has 16 heavy (non-hydrogen) atoms. The zero-order valence-corrected chi connectivity index (χ0v) is 9.59. The van der Waals surface area contributed by atoms with Gasteiger partial charge in [-0.15, -0.1) is 0 Å². The monoisotopic (exact) mass is 222 g/mol. The van der Waals surface area contributed by atoms with Crippen LogP contribution in [0, 0.1) is 0 Å². The van der Waals surface area contributed by atoms with E-state index in [0.29, 0.717) is 18.5 Å². The van der Waals surface area contributed by atoms with Crippen LogP contribution in [0.4, 0.5) is 5.82 Å². The van der Waals surface area contributed by atoms with Crippen molar-refractivity contribution in [3.63, 3.8) is 0 Å². The normalized spacial score (nSPS) is 20.9. The summed E-state index contributed by atoms with van der Waals surface area (Å²) in [6, 6.07) is 2.27. The van der Waals surface area contributed by atoms with E-state index in [9.17, 15) is 0 Å². The molecule has 2 heterocycles. The molecule has 1 atom stereocenters. The van der Waals surface area contributed by atoms with E-state index >= 15 is 0 Å². The predicted octanol–water partition coefficient (Wildman–Crippen LogP) is 0.803. The van der Waals surface area contributed by atoms with Gasteiger partial charge in [-0.1, -0.05) is 0 Å². The number of ether oxygens (including phenoxy) is 1. The number of rotatable bonds is 3. The summed E-state index contributed by atoms with van der Waals surface area (Å²) in [5.74, 6) is 1.52. The van der Waals surface area contributed by atoms with Gasteiger partial charge >= 0.3 is 0 Å². The van der Waals surface area contributed by atoms with Gasteiger partial charge in [0.25, 0.3) is 0 Å². The Morgan fingerprint density at radius 1 is 1.50 bits per heavy atom. The average Bonchev–Trinajstić information content (AvgIpc) is 2.38. The van der Waals surface area contributed by atoms with Gasteiger partial charge < -0.3 is 15.4 Å². The van der Waals surface area contributed by atoms with E-state index in [4.69, 9.17) is 10.5 Å². The maximum atomic E-state index is 5.79. The number of hydrogen-bond acceptors (Lipinski definition) is 5. The van der Waals surface area contributed by atoms with Crippen molar-refractivity contribution in [2.75, 3.05) is 25.1 Å². The number of nitrogens with two attached hydrogens (primary N) is 1. The molecule has 0 saturated carbocycles. The molecular weight excluding hydrogens is 204 g/mol. The number of piperidine rings is 1. The number of anilines is 1. The van der Waals surface area contributed by atoms with Crippen molar-refractivity contribution in [3.8, 4) is 5.88 Å². The largest absolute Gasteiger partial charge is 0.481 e. The molecule has 1 saturated heterocycles. The molecular formula is C11H18N4O. The van der Waals surface area contributed by atoms with Crippen LogP contribution in [0.5, 0.6) is 5.88 Å². The van der Waals surface area contributed by atoms with Crippen LogP contribution < -0.4 is 15.4 Å². The fourth-order valence-corrected chi connectivity index (χ4v) is 2.15. The fourth-order valence-electron chi connectivity index (χ4n) is 2.15. The summed E-state index contributed by atoms with van der Waals surface area (Å²) in [6.45, 7) is 1.69. The summed E-state index contributed by atoms with van der Waals surface area (Å²) in [5.41, 5.74) is 5.79. The highest BCUT2D eigenvalue weighted by Crippen LogP contribution is 2.23. The second-order valence-corrected chi connectivity index (χ2v) is 4.00. The Kier molecular flexibility index (Phi) is 3.56. The molecule has 1 aromatic rings. The van der Waals surface area contributed by atoms with E-state index in [-0.39, 0.29) is 0 Å². The summed E-state index contributed by atoms with van der Waals surface area (Å²) < 4.78 is 5.11. The third kappa shape index (κ3) is 2.24. The maximum absolute atomic E-state index is 5.79. The molecule has 1 unspecified atom stereocenters. The first-order chi connectivity index (χ1) is 7.85. The molecule has 5 nitrogen and oxygen atoms in total. The first-order valence-electron chi connectivity index (χ1n) is 5.68. The first-order valence-corrected chi connectivity index (χ1v) is 5.68. The van der Waals surface area contributed by atoms with E-state index in [0.717, 1.165) is 18.8 Å². The highest BCUT2D eigenvalue weighted by atomic mass is 16.5. The Morgan fingerprint density at radius 2 is 2.38 bits per heavy atom. The van der Waals surface area contributed by atoms with Crippen LogP contribution in [-0.2, 0) is 0 Å². The number of nitrogens with zero attached hydrogens (tertiary/aromatic N) is 3. The van der Waals surface area contributed by atoms with Gasteiger partial charge in [0, 0.05) is 25.2 Å².